The smallest absolute Gasteiger partial charge is 0.175 e. The van der Waals surface area contributed by atoms with E-state index in [2.05, 4.69) is 11.9 Å². The number of ketones is 1. The zero-order valence-electron chi connectivity index (χ0n) is 8.97. The summed E-state index contributed by atoms with van der Waals surface area (Å²) in [5, 5.41) is 3.16. The first-order chi connectivity index (χ1) is 6.66. The third kappa shape index (κ3) is 2.37. The average Bonchev–Trinajstić information content (AvgIpc) is 2.15. The lowest BCUT2D eigenvalue weighted by molar-refractivity contribution is -0.115. The standard InChI is InChI=1S/C11H18N2O/c1-4-6-11(9(2)14)13-8-5-7-12-10(13)3/h6,12H,3-5,7-8H2,1-2H3/b11-6-. The van der Waals surface area contributed by atoms with E-state index in [9.17, 15) is 4.79 Å². The van der Waals surface area contributed by atoms with Crippen molar-refractivity contribution in [2.24, 2.45) is 0 Å². The Bertz CT molecular complexity index is 268. The van der Waals surface area contributed by atoms with Crippen molar-refractivity contribution in [2.45, 2.75) is 26.7 Å². The molecule has 78 valence electrons. The lowest BCUT2D eigenvalue weighted by Gasteiger charge is -2.32. The van der Waals surface area contributed by atoms with Crippen LogP contribution in [-0.2, 0) is 4.79 Å². The molecule has 0 aliphatic carbocycles. The highest BCUT2D eigenvalue weighted by atomic mass is 16.1. The second kappa shape index (κ2) is 4.84. The minimum Gasteiger partial charge on any atom is -0.372 e. The molecule has 0 radical (unpaired) electrons. The van der Waals surface area contributed by atoms with Gasteiger partial charge in [-0.25, -0.2) is 0 Å². The average molecular weight is 194 g/mol. The topological polar surface area (TPSA) is 32.3 Å². The van der Waals surface area contributed by atoms with Gasteiger partial charge in [-0.3, -0.25) is 4.79 Å². The summed E-state index contributed by atoms with van der Waals surface area (Å²) in [7, 11) is 0. The molecule has 1 heterocycles. The molecule has 0 spiro atoms. The van der Waals surface area contributed by atoms with Crippen LogP contribution in [0.3, 0.4) is 0 Å². The van der Waals surface area contributed by atoms with Crippen LogP contribution in [-0.4, -0.2) is 23.8 Å². The summed E-state index contributed by atoms with van der Waals surface area (Å²) in [6, 6.07) is 0. The van der Waals surface area contributed by atoms with Crippen LogP contribution in [0.4, 0.5) is 0 Å². The molecule has 1 N–H and O–H groups in total. The number of carbonyl (C=O) groups is 1. The molecular weight excluding hydrogens is 176 g/mol. The third-order valence-corrected chi connectivity index (χ3v) is 2.26. The minimum absolute atomic E-state index is 0.108. The van der Waals surface area contributed by atoms with Crippen LogP contribution in [0.15, 0.2) is 24.2 Å². The number of carbonyl (C=O) groups excluding carboxylic acids is 1. The van der Waals surface area contributed by atoms with Crippen LogP contribution in [0.5, 0.6) is 0 Å². The van der Waals surface area contributed by atoms with E-state index in [4.69, 9.17) is 0 Å². The van der Waals surface area contributed by atoms with E-state index >= 15 is 0 Å². The fraction of sp³-hybridized carbons (Fsp3) is 0.545. The van der Waals surface area contributed by atoms with E-state index in [1.54, 1.807) is 6.92 Å². The molecule has 3 heteroatoms. The van der Waals surface area contributed by atoms with Crippen LogP contribution in [0, 0.1) is 0 Å². The predicted octanol–water partition coefficient (Wildman–Crippen LogP) is 1.64. The highest BCUT2D eigenvalue weighted by Gasteiger charge is 2.18. The van der Waals surface area contributed by atoms with Crippen molar-refractivity contribution >= 4 is 5.78 Å². The van der Waals surface area contributed by atoms with Crippen LogP contribution in [0.25, 0.3) is 0 Å². The summed E-state index contributed by atoms with van der Waals surface area (Å²) in [6.07, 6.45) is 3.88. The van der Waals surface area contributed by atoms with Gasteiger partial charge in [0.1, 0.15) is 0 Å². The van der Waals surface area contributed by atoms with Crippen LogP contribution < -0.4 is 5.32 Å². The fourth-order valence-corrected chi connectivity index (χ4v) is 1.60. The quantitative estimate of drug-likeness (QED) is 0.693. The lowest BCUT2D eigenvalue weighted by atomic mass is 10.2. The number of nitrogens with zero attached hydrogens (tertiary/aromatic N) is 1. The first-order valence-electron chi connectivity index (χ1n) is 5.08. The zero-order valence-corrected chi connectivity index (χ0v) is 8.97. The minimum atomic E-state index is 0.108. The summed E-state index contributed by atoms with van der Waals surface area (Å²) in [6.45, 7) is 9.37. The highest BCUT2D eigenvalue weighted by molar-refractivity contribution is 5.92. The third-order valence-electron chi connectivity index (χ3n) is 2.26. The molecule has 0 aromatic rings. The van der Waals surface area contributed by atoms with Gasteiger partial charge in [0.2, 0.25) is 0 Å². The number of allylic oxidation sites excluding steroid dienone is 2. The van der Waals surface area contributed by atoms with Gasteiger partial charge in [0.05, 0.1) is 11.5 Å². The normalized spacial score (nSPS) is 18.0. The molecule has 0 aromatic heterocycles. The Morgan fingerprint density at radius 2 is 2.43 bits per heavy atom. The van der Waals surface area contributed by atoms with Crippen molar-refractivity contribution in [1.29, 1.82) is 0 Å². The van der Waals surface area contributed by atoms with E-state index in [1.165, 1.54) is 0 Å². The molecule has 1 saturated heterocycles. The molecule has 0 bridgehead atoms. The maximum absolute atomic E-state index is 11.4. The summed E-state index contributed by atoms with van der Waals surface area (Å²) >= 11 is 0. The van der Waals surface area contributed by atoms with Crippen molar-refractivity contribution in [1.82, 2.24) is 10.2 Å². The Labute approximate surface area is 85.5 Å². The Kier molecular flexibility index (Phi) is 3.74. The lowest BCUT2D eigenvalue weighted by Crippen LogP contribution is -2.39. The molecule has 1 aliphatic rings. The SMILES string of the molecule is C=C1NCCCN1/C(=C\CC)C(C)=O. The summed E-state index contributed by atoms with van der Waals surface area (Å²) in [5.74, 6) is 0.947. The molecule has 0 atom stereocenters. The summed E-state index contributed by atoms with van der Waals surface area (Å²) < 4.78 is 0. The molecule has 0 aromatic carbocycles. The zero-order chi connectivity index (χ0) is 10.6. The van der Waals surface area contributed by atoms with E-state index in [1.807, 2.05) is 17.9 Å². The fourth-order valence-electron chi connectivity index (χ4n) is 1.60. The number of nitrogens with one attached hydrogen (secondary N) is 1. The predicted molar refractivity (Wildman–Crippen MR) is 57.5 cm³/mol. The first-order valence-corrected chi connectivity index (χ1v) is 5.08. The highest BCUT2D eigenvalue weighted by Crippen LogP contribution is 2.15. The van der Waals surface area contributed by atoms with Gasteiger partial charge in [-0.15, -0.1) is 0 Å². The van der Waals surface area contributed by atoms with Crippen molar-refractivity contribution in [3.8, 4) is 0 Å². The summed E-state index contributed by atoms with van der Waals surface area (Å²) in [5.41, 5.74) is 0.768. The van der Waals surface area contributed by atoms with Gasteiger partial charge in [0.25, 0.3) is 0 Å². The van der Waals surface area contributed by atoms with E-state index in [0.29, 0.717) is 0 Å². The second-order valence-corrected chi connectivity index (χ2v) is 3.43. The number of rotatable bonds is 3. The van der Waals surface area contributed by atoms with Crippen molar-refractivity contribution in [3.05, 3.63) is 24.2 Å². The monoisotopic (exact) mass is 194 g/mol. The van der Waals surface area contributed by atoms with Crippen molar-refractivity contribution < 1.29 is 4.79 Å². The molecule has 0 unspecified atom stereocenters. The molecule has 0 amide bonds. The molecule has 1 fully saturated rings. The van der Waals surface area contributed by atoms with E-state index < -0.39 is 0 Å². The van der Waals surface area contributed by atoms with Gasteiger partial charge in [0.15, 0.2) is 5.78 Å². The van der Waals surface area contributed by atoms with E-state index in [0.717, 1.165) is 37.4 Å². The number of hydrogen-bond donors (Lipinski definition) is 1. The Morgan fingerprint density at radius 1 is 1.71 bits per heavy atom. The van der Waals surface area contributed by atoms with Gasteiger partial charge < -0.3 is 10.2 Å². The van der Waals surface area contributed by atoms with Gasteiger partial charge in [-0.2, -0.15) is 0 Å². The number of hydrogen-bond acceptors (Lipinski definition) is 3. The van der Waals surface area contributed by atoms with Crippen molar-refractivity contribution in [3.63, 3.8) is 0 Å². The van der Waals surface area contributed by atoms with Gasteiger partial charge in [0, 0.05) is 20.0 Å². The maximum Gasteiger partial charge on any atom is 0.175 e. The van der Waals surface area contributed by atoms with Gasteiger partial charge in [-0.1, -0.05) is 19.6 Å². The van der Waals surface area contributed by atoms with Crippen LogP contribution in [0.1, 0.15) is 26.7 Å². The second-order valence-electron chi connectivity index (χ2n) is 3.43. The van der Waals surface area contributed by atoms with Crippen LogP contribution in [0.2, 0.25) is 0 Å². The molecular formula is C11H18N2O. The van der Waals surface area contributed by atoms with Gasteiger partial charge in [-0.05, 0) is 12.8 Å². The van der Waals surface area contributed by atoms with Crippen LogP contribution >= 0.6 is 0 Å². The molecule has 1 rings (SSSR count). The Hall–Kier alpha value is -1.25. The molecule has 14 heavy (non-hydrogen) atoms. The maximum atomic E-state index is 11.4. The largest absolute Gasteiger partial charge is 0.372 e. The first kappa shape index (κ1) is 10.8. The van der Waals surface area contributed by atoms with Crippen molar-refractivity contribution in [2.75, 3.05) is 13.1 Å². The Balaban J connectivity index is 2.81. The molecule has 1 aliphatic heterocycles. The molecule has 0 saturated carbocycles. The van der Waals surface area contributed by atoms with E-state index in [-0.39, 0.29) is 5.78 Å². The molecule has 3 nitrogen and oxygen atoms in total. The summed E-state index contributed by atoms with van der Waals surface area (Å²) in [4.78, 5) is 13.4. The Morgan fingerprint density at radius 3 is 2.93 bits per heavy atom. The number of Topliss-reactive ketones (excluding diaryl/α,β-unsaturated/α-hetero) is 1. The van der Waals surface area contributed by atoms with Gasteiger partial charge >= 0.3 is 0 Å².